The molecule has 0 radical (unpaired) electrons. The summed E-state index contributed by atoms with van der Waals surface area (Å²) in [5.41, 5.74) is 7.69. The fourth-order valence-corrected chi connectivity index (χ4v) is 1.86. The summed E-state index contributed by atoms with van der Waals surface area (Å²) in [6.45, 7) is 2.35. The standard InChI is InChI=1S/C13H17FN4/c1-9-6-12(11(15)7-10(9)14)18(3)8-13-16-4-5-17(13)2/h4-7H,8,15H2,1-3H3. The van der Waals surface area contributed by atoms with Gasteiger partial charge in [-0.05, 0) is 24.6 Å². The van der Waals surface area contributed by atoms with Gasteiger partial charge in [-0.15, -0.1) is 0 Å². The zero-order chi connectivity index (χ0) is 13.3. The minimum absolute atomic E-state index is 0.276. The molecule has 0 atom stereocenters. The van der Waals surface area contributed by atoms with Gasteiger partial charge in [0.1, 0.15) is 11.6 Å². The molecule has 0 saturated heterocycles. The van der Waals surface area contributed by atoms with Crippen molar-refractivity contribution in [2.24, 2.45) is 7.05 Å². The zero-order valence-corrected chi connectivity index (χ0v) is 10.8. The summed E-state index contributed by atoms with van der Waals surface area (Å²) >= 11 is 0. The number of rotatable bonds is 3. The summed E-state index contributed by atoms with van der Waals surface area (Å²) in [6.07, 6.45) is 3.64. The lowest BCUT2D eigenvalue weighted by Gasteiger charge is -2.21. The van der Waals surface area contributed by atoms with E-state index in [1.165, 1.54) is 6.07 Å². The minimum Gasteiger partial charge on any atom is -0.397 e. The first-order valence-corrected chi connectivity index (χ1v) is 5.72. The van der Waals surface area contributed by atoms with Gasteiger partial charge in [0.2, 0.25) is 0 Å². The minimum atomic E-state index is -0.276. The molecule has 1 aromatic carbocycles. The van der Waals surface area contributed by atoms with Gasteiger partial charge in [0.25, 0.3) is 0 Å². The number of nitrogens with zero attached hydrogens (tertiary/aromatic N) is 3. The van der Waals surface area contributed by atoms with E-state index in [1.54, 1.807) is 19.2 Å². The largest absolute Gasteiger partial charge is 0.397 e. The number of nitrogens with two attached hydrogens (primary N) is 1. The molecule has 96 valence electrons. The molecule has 1 heterocycles. The number of aryl methyl sites for hydroxylation is 2. The Morgan fingerprint density at radius 3 is 2.78 bits per heavy atom. The van der Waals surface area contributed by atoms with E-state index < -0.39 is 0 Å². The molecule has 0 unspecified atom stereocenters. The summed E-state index contributed by atoms with van der Waals surface area (Å²) in [7, 11) is 3.85. The first kappa shape index (κ1) is 12.4. The van der Waals surface area contributed by atoms with Crippen molar-refractivity contribution in [1.82, 2.24) is 9.55 Å². The van der Waals surface area contributed by atoms with Gasteiger partial charge in [0.15, 0.2) is 0 Å². The highest BCUT2D eigenvalue weighted by molar-refractivity contribution is 5.68. The Kier molecular flexibility index (Phi) is 3.23. The predicted molar refractivity (Wildman–Crippen MR) is 70.9 cm³/mol. The third-order valence-corrected chi connectivity index (χ3v) is 3.02. The van der Waals surface area contributed by atoms with E-state index in [-0.39, 0.29) is 5.82 Å². The van der Waals surface area contributed by atoms with Gasteiger partial charge in [0, 0.05) is 26.5 Å². The Labute approximate surface area is 106 Å². The molecule has 18 heavy (non-hydrogen) atoms. The molecular formula is C13H17FN4. The molecule has 0 fully saturated rings. The van der Waals surface area contributed by atoms with Crippen LogP contribution in [0.1, 0.15) is 11.4 Å². The maximum absolute atomic E-state index is 13.3. The van der Waals surface area contributed by atoms with Gasteiger partial charge >= 0.3 is 0 Å². The van der Waals surface area contributed by atoms with Crippen LogP contribution < -0.4 is 10.6 Å². The fourth-order valence-electron chi connectivity index (χ4n) is 1.86. The highest BCUT2D eigenvalue weighted by Gasteiger charge is 2.11. The second kappa shape index (κ2) is 4.68. The number of hydrogen-bond donors (Lipinski definition) is 1. The quantitative estimate of drug-likeness (QED) is 0.846. The van der Waals surface area contributed by atoms with Gasteiger partial charge in [-0.25, -0.2) is 9.37 Å². The third kappa shape index (κ3) is 2.30. The van der Waals surface area contributed by atoms with Crippen molar-refractivity contribution in [2.75, 3.05) is 17.7 Å². The maximum Gasteiger partial charge on any atom is 0.128 e. The summed E-state index contributed by atoms with van der Waals surface area (Å²) in [6, 6.07) is 3.12. The summed E-state index contributed by atoms with van der Waals surface area (Å²) in [5.74, 6) is 0.653. The maximum atomic E-state index is 13.3. The van der Waals surface area contributed by atoms with Crippen LogP contribution in [0, 0.1) is 12.7 Å². The van der Waals surface area contributed by atoms with Crippen LogP contribution in [0.5, 0.6) is 0 Å². The van der Waals surface area contributed by atoms with Crippen LogP contribution in [-0.2, 0) is 13.6 Å². The Hall–Kier alpha value is -2.04. The second-order valence-corrected chi connectivity index (χ2v) is 4.47. The number of halogens is 1. The SMILES string of the molecule is Cc1cc(N(C)Cc2nccn2C)c(N)cc1F. The van der Waals surface area contributed by atoms with Crippen LogP contribution in [0.3, 0.4) is 0 Å². The highest BCUT2D eigenvalue weighted by Crippen LogP contribution is 2.26. The summed E-state index contributed by atoms with van der Waals surface area (Å²) in [5, 5.41) is 0. The molecule has 0 amide bonds. The van der Waals surface area contributed by atoms with E-state index in [1.807, 2.05) is 29.8 Å². The number of anilines is 2. The van der Waals surface area contributed by atoms with E-state index in [0.29, 0.717) is 17.8 Å². The normalized spacial score (nSPS) is 10.7. The molecule has 2 aromatic rings. The topological polar surface area (TPSA) is 47.1 Å². The van der Waals surface area contributed by atoms with Crippen molar-refractivity contribution in [3.8, 4) is 0 Å². The van der Waals surface area contributed by atoms with Crippen molar-refractivity contribution in [2.45, 2.75) is 13.5 Å². The van der Waals surface area contributed by atoms with E-state index in [4.69, 9.17) is 5.73 Å². The Morgan fingerprint density at radius 2 is 2.17 bits per heavy atom. The molecule has 1 aromatic heterocycles. The first-order valence-electron chi connectivity index (χ1n) is 5.72. The summed E-state index contributed by atoms with van der Waals surface area (Å²) in [4.78, 5) is 6.22. The van der Waals surface area contributed by atoms with Gasteiger partial charge in [-0.1, -0.05) is 0 Å². The Bertz CT molecular complexity index is 562. The van der Waals surface area contributed by atoms with Crippen LogP contribution in [0.2, 0.25) is 0 Å². The zero-order valence-electron chi connectivity index (χ0n) is 10.8. The number of imidazole rings is 1. The highest BCUT2D eigenvalue weighted by atomic mass is 19.1. The molecule has 0 spiro atoms. The van der Waals surface area contributed by atoms with E-state index in [0.717, 1.165) is 11.5 Å². The molecular weight excluding hydrogens is 231 g/mol. The molecule has 5 heteroatoms. The Morgan fingerprint density at radius 1 is 1.44 bits per heavy atom. The molecule has 0 bridgehead atoms. The average Bonchev–Trinajstić information content (AvgIpc) is 2.69. The molecule has 0 aliphatic heterocycles. The van der Waals surface area contributed by atoms with Gasteiger partial charge in [-0.3, -0.25) is 0 Å². The number of aromatic nitrogens is 2. The van der Waals surface area contributed by atoms with Crippen molar-refractivity contribution < 1.29 is 4.39 Å². The van der Waals surface area contributed by atoms with Gasteiger partial charge in [0.05, 0.1) is 17.9 Å². The predicted octanol–water partition coefficient (Wildman–Crippen LogP) is 2.09. The third-order valence-electron chi connectivity index (χ3n) is 3.02. The molecule has 0 aliphatic carbocycles. The van der Waals surface area contributed by atoms with E-state index >= 15 is 0 Å². The van der Waals surface area contributed by atoms with E-state index in [2.05, 4.69) is 4.98 Å². The fraction of sp³-hybridized carbons (Fsp3) is 0.308. The van der Waals surface area contributed by atoms with Crippen molar-refractivity contribution in [3.63, 3.8) is 0 Å². The molecule has 0 saturated carbocycles. The second-order valence-electron chi connectivity index (χ2n) is 4.47. The van der Waals surface area contributed by atoms with Crippen LogP contribution in [0.4, 0.5) is 15.8 Å². The van der Waals surface area contributed by atoms with Gasteiger partial charge < -0.3 is 15.2 Å². The molecule has 0 aliphatic rings. The lowest BCUT2D eigenvalue weighted by atomic mass is 10.1. The number of nitrogen functional groups attached to an aromatic ring is 1. The Balaban J connectivity index is 2.26. The molecule has 2 rings (SSSR count). The summed E-state index contributed by atoms with van der Waals surface area (Å²) < 4.78 is 15.3. The first-order chi connectivity index (χ1) is 8.49. The van der Waals surface area contributed by atoms with Crippen molar-refractivity contribution in [1.29, 1.82) is 0 Å². The number of benzene rings is 1. The van der Waals surface area contributed by atoms with Crippen molar-refractivity contribution in [3.05, 3.63) is 41.7 Å². The molecule has 4 nitrogen and oxygen atoms in total. The van der Waals surface area contributed by atoms with E-state index in [9.17, 15) is 4.39 Å². The lowest BCUT2D eigenvalue weighted by molar-refractivity contribution is 0.619. The van der Waals surface area contributed by atoms with Gasteiger partial charge in [-0.2, -0.15) is 0 Å². The van der Waals surface area contributed by atoms with Crippen LogP contribution in [-0.4, -0.2) is 16.6 Å². The van der Waals surface area contributed by atoms with Crippen LogP contribution in [0.15, 0.2) is 24.5 Å². The van der Waals surface area contributed by atoms with Crippen LogP contribution in [0.25, 0.3) is 0 Å². The van der Waals surface area contributed by atoms with Crippen LogP contribution >= 0.6 is 0 Å². The van der Waals surface area contributed by atoms with Crippen molar-refractivity contribution >= 4 is 11.4 Å². The number of hydrogen-bond acceptors (Lipinski definition) is 3. The monoisotopic (exact) mass is 248 g/mol. The smallest absolute Gasteiger partial charge is 0.128 e. The average molecular weight is 248 g/mol. The lowest BCUT2D eigenvalue weighted by Crippen LogP contribution is -2.20. The molecule has 2 N–H and O–H groups in total.